The molecule has 1 aromatic heterocycles. The Kier molecular flexibility index (Phi) is 5.82. The lowest BCUT2D eigenvalue weighted by molar-refractivity contribution is -0.392. The van der Waals surface area contributed by atoms with Crippen molar-refractivity contribution < 1.29 is 10.0 Å². The number of aliphatic hydroxyl groups excluding tert-OH is 1. The second kappa shape index (κ2) is 7.62. The molecule has 0 bridgehead atoms. The molecule has 0 saturated heterocycles. The van der Waals surface area contributed by atoms with E-state index in [4.69, 9.17) is 11.6 Å². The van der Waals surface area contributed by atoms with E-state index in [1.54, 1.807) is 11.5 Å². The van der Waals surface area contributed by atoms with Crippen LogP contribution in [0.2, 0.25) is 0 Å². The Labute approximate surface area is 137 Å². The number of aryl methyl sites for hydroxylation is 1. The van der Waals surface area contributed by atoms with Crippen LogP contribution in [0.15, 0.2) is 35.4 Å². The van der Waals surface area contributed by atoms with Gasteiger partial charge in [0.25, 0.3) is 0 Å². The lowest BCUT2D eigenvalue weighted by Crippen LogP contribution is -2.12. The molecule has 6 nitrogen and oxygen atoms in total. The third-order valence-corrected chi connectivity index (χ3v) is 4.63. The van der Waals surface area contributed by atoms with Gasteiger partial charge in [-0.05, 0) is 15.5 Å². The molecule has 0 aliphatic rings. The van der Waals surface area contributed by atoms with Crippen molar-refractivity contribution in [1.82, 2.24) is 9.55 Å². The molecule has 2 rings (SSSR count). The van der Waals surface area contributed by atoms with Crippen molar-refractivity contribution in [3.05, 3.63) is 51.8 Å². The summed E-state index contributed by atoms with van der Waals surface area (Å²) in [6.45, 7) is 2.23. The highest BCUT2D eigenvalue weighted by Gasteiger charge is 2.26. The van der Waals surface area contributed by atoms with Gasteiger partial charge in [0, 0.05) is 18.6 Å². The maximum atomic E-state index is 11.2. The first-order valence-corrected chi connectivity index (χ1v) is 8.17. The van der Waals surface area contributed by atoms with Gasteiger partial charge >= 0.3 is 5.82 Å². The van der Waals surface area contributed by atoms with Gasteiger partial charge in [0.15, 0.2) is 5.03 Å². The van der Waals surface area contributed by atoms with Gasteiger partial charge in [-0.15, -0.1) is 11.6 Å². The number of thioether (sulfide) groups is 1. The van der Waals surface area contributed by atoms with Gasteiger partial charge in [0.1, 0.15) is 0 Å². The number of hydrogen-bond acceptors (Lipinski definition) is 5. The zero-order chi connectivity index (χ0) is 16.1. The predicted molar refractivity (Wildman–Crippen MR) is 86.6 cm³/mol. The Balaban J connectivity index is 2.32. The van der Waals surface area contributed by atoms with E-state index in [-0.39, 0.29) is 17.5 Å². The van der Waals surface area contributed by atoms with Crippen LogP contribution in [0.5, 0.6) is 0 Å². The number of aliphatic hydroxyl groups is 1. The highest BCUT2D eigenvalue weighted by Crippen LogP contribution is 2.31. The van der Waals surface area contributed by atoms with Crippen LogP contribution in [0, 0.1) is 17.0 Å². The summed E-state index contributed by atoms with van der Waals surface area (Å²) in [6.07, 6.45) is -0.716. The summed E-state index contributed by atoms with van der Waals surface area (Å²) < 4.78 is 1.79. The average molecular weight is 342 g/mol. The van der Waals surface area contributed by atoms with Crippen molar-refractivity contribution >= 4 is 29.2 Å². The number of benzene rings is 1. The highest BCUT2D eigenvalue weighted by atomic mass is 35.5. The van der Waals surface area contributed by atoms with E-state index in [1.165, 1.54) is 11.8 Å². The molecular formula is C14H16ClN3O3S. The van der Waals surface area contributed by atoms with E-state index in [1.807, 2.05) is 30.3 Å². The van der Waals surface area contributed by atoms with E-state index in [2.05, 4.69) is 4.98 Å². The van der Waals surface area contributed by atoms with Crippen molar-refractivity contribution in [2.75, 3.05) is 11.6 Å². The SMILES string of the molecule is Cc1nc([N+](=O)[O-])c(SCC(O)CCl)n1Cc1ccccc1. The molecule has 1 atom stereocenters. The predicted octanol–water partition coefficient (Wildman–Crippen LogP) is 2.84. The van der Waals surface area contributed by atoms with Crippen molar-refractivity contribution in [2.45, 2.75) is 24.6 Å². The van der Waals surface area contributed by atoms with Crippen LogP contribution >= 0.6 is 23.4 Å². The molecular weight excluding hydrogens is 326 g/mol. The molecule has 2 aromatic rings. The van der Waals surface area contributed by atoms with E-state index in [9.17, 15) is 15.2 Å². The molecule has 0 saturated carbocycles. The van der Waals surface area contributed by atoms with Gasteiger partial charge < -0.3 is 15.2 Å². The molecule has 0 spiro atoms. The van der Waals surface area contributed by atoms with Gasteiger partial charge in [-0.2, -0.15) is 0 Å². The van der Waals surface area contributed by atoms with Gasteiger partial charge in [0.05, 0.1) is 12.6 Å². The summed E-state index contributed by atoms with van der Waals surface area (Å²) in [6, 6.07) is 9.65. The third kappa shape index (κ3) is 4.00. The highest BCUT2D eigenvalue weighted by molar-refractivity contribution is 7.99. The van der Waals surface area contributed by atoms with Gasteiger partial charge in [0.2, 0.25) is 5.82 Å². The molecule has 1 N–H and O–H groups in total. The Morgan fingerprint density at radius 1 is 1.45 bits per heavy atom. The standard InChI is InChI=1S/C14H16ClN3O3S/c1-10-16-13(18(20)21)14(22-9-12(19)7-15)17(10)8-11-5-3-2-4-6-11/h2-6,12,19H,7-9H2,1H3. The molecule has 0 radical (unpaired) electrons. The molecule has 1 aromatic carbocycles. The number of nitro groups is 1. The lowest BCUT2D eigenvalue weighted by Gasteiger charge is -2.10. The zero-order valence-electron chi connectivity index (χ0n) is 12.0. The summed E-state index contributed by atoms with van der Waals surface area (Å²) >= 11 is 6.77. The lowest BCUT2D eigenvalue weighted by atomic mass is 10.2. The minimum atomic E-state index is -0.716. The molecule has 0 aliphatic heterocycles. The second-order valence-corrected chi connectivity index (χ2v) is 6.05. The van der Waals surface area contributed by atoms with Crippen LogP contribution in [0.25, 0.3) is 0 Å². The summed E-state index contributed by atoms with van der Waals surface area (Å²) in [7, 11) is 0. The molecule has 1 heterocycles. The number of hydrogen-bond donors (Lipinski definition) is 1. The number of alkyl halides is 1. The van der Waals surface area contributed by atoms with Crippen LogP contribution < -0.4 is 0 Å². The Morgan fingerprint density at radius 3 is 2.73 bits per heavy atom. The summed E-state index contributed by atoms with van der Waals surface area (Å²) in [5, 5.41) is 21.2. The molecule has 8 heteroatoms. The van der Waals surface area contributed by atoms with Gasteiger partial charge in [-0.1, -0.05) is 42.1 Å². The van der Waals surface area contributed by atoms with Crippen molar-refractivity contribution in [2.24, 2.45) is 0 Å². The Morgan fingerprint density at radius 2 is 2.14 bits per heavy atom. The minimum absolute atomic E-state index is 0.0899. The smallest absolute Gasteiger partial charge is 0.391 e. The maximum absolute atomic E-state index is 11.2. The molecule has 22 heavy (non-hydrogen) atoms. The summed E-state index contributed by atoms with van der Waals surface area (Å²) in [4.78, 5) is 14.7. The van der Waals surface area contributed by atoms with Gasteiger partial charge in [-0.25, -0.2) is 0 Å². The second-order valence-electron chi connectivity index (χ2n) is 4.74. The maximum Gasteiger partial charge on any atom is 0.396 e. The van der Waals surface area contributed by atoms with Crippen LogP contribution in [0.3, 0.4) is 0 Å². The van der Waals surface area contributed by atoms with E-state index in [0.717, 1.165) is 5.56 Å². The Bertz CT molecular complexity index is 648. The number of nitrogens with zero attached hydrogens (tertiary/aromatic N) is 3. The first-order chi connectivity index (χ1) is 10.5. The molecule has 118 valence electrons. The van der Waals surface area contributed by atoms with Crippen molar-refractivity contribution in [1.29, 1.82) is 0 Å². The van der Waals surface area contributed by atoms with E-state index < -0.39 is 11.0 Å². The number of imidazole rings is 1. The van der Waals surface area contributed by atoms with Crippen LogP contribution in [-0.4, -0.2) is 37.3 Å². The first kappa shape index (κ1) is 16.8. The molecule has 0 amide bonds. The largest absolute Gasteiger partial charge is 0.396 e. The fraction of sp³-hybridized carbons (Fsp3) is 0.357. The fourth-order valence-electron chi connectivity index (χ4n) is 1.96. The van der Waals surface area contributed by atoms with E-state index in [0.29, 0.717) is 17.4 Å². The molecule has 0 aliphatic carbocycles. The minimum Gasteiger partial charge on any atom is -0.391 e. The van der Waals surface area contributed by atoms with E-state index >= 15 is 0 Å². The molecule has 1 unspecified atom stereocenters. The quantitative estimate of drug-likeness (QED) is 0.362. The summed E-state index contributed by atoms with van der Waals surface area (Å²) in [5.41, 5.74) is 1.03. The summed E-state index contributed by atoms with van der Waals surface area (Å²) in [5.74, 6) is 0.760. The van der Waals surface area contributed by atoms with Crippen LogP contribution in [0.4, 0.5) is 5.82 Å². The first-order valence-electron chi connectivity index (χ1n) is 6.65. The average Bonchev–Trinajstić information content (AvgIpc) is 2.82. The Hall–Kier alpha value is -1.57. The van der Waals surface area contributed by atoms with Gasteiger partial charge in [-0.3, -0.25) is 4.57 Å². The number of halogens is 1. The number of aromatic nitrogens is 2. The monoisotopic (exact) mass is 341 g/mol. The topological polar surface area (TPSA) is 81.2 Å². The fourth-order valence-corrected chi connectivity index (χ4v) is 3.27. The van der Waals surface area contributed by atoms with Crippen molar-refractivity contribution in [3.8, 4) is 0 Å². The molecule has 0 fully saturated rings. The van der Waals surface area contributed by atoms with Crippen molar-refractivity contribution in [3.63, 3.8) is 0 Å². The van der Waals surface area contributed by atoms with Crippen LogP contribution in [-0.2, 0) is 6.54 Å². The normalized spacial score (nSPS) is 12.3. The third-order valence-electron chi connectivity index (χ3n) is 3.04. The zero-order valence-corrected chi connectivity index (χ0v) is 13.5. The van der Waals surface area contributed by atoms with Crippen LogP contribution in [0.1, 0.15) is 11.4 Å². The number of rotatable bonds is 7.